The normalized spacial score (nSPS) is 12.7. The molecular weight excluding hydrogens is 346 g/mol. The molecule has 27 heavy (non-hydrogen) atoms. The van der Waals surface area contributed by atoms with Crippen molar-refractivity contribution in [3.05, 3.63) is 59.7 Å². The lowest BCUT2D eigenvalue weighted by atomic mass is 9.88. The smallest absolute Gasteiger partial charge is 0.306 e. The molecule has 2 N–H and O–H groups in total. The van der Waals surface area contributed by atoms with Crippen LogP contribution >= 0.6 is 0 Å². The molecule has 2 aromatic rings. The maximum atomic E-state index is 12.5. The third kappa shape index (κ3) is 5.48. The van der Waals surface area contributed by atoms with E-state index < -0.39 is 17.4 Å². The van der Waals surface area contributed by atoms with Gasteiger partial charge in [-0.1, -0.05) is 37.3 Å². The highest BCUT2D eigenvalue weighted by Crippen LogP contribution is 2.28. The van der Waals surface area contributed by atoms with Crippen molar-refractivity contribution < 1.29 is 24.2 Å². The van der Waals surface area contributed by atoms with Crippen molar-refractivity contribution in [3.63, 3.8) is 0 Å². The first-order chi connectivity index (χ1) is 12.9. The van der Waals surface area contributed by atoms with E-state index in [9.17, 15) is 14.7 Å². The van der Waals surface area contributed by atoms with Gasteiger partial charge in [0.05, 0.1) is 19.1 Å². The summed E-state index contributed by atoms with van der Waals surface area (Å²) in [5.74, 6) is -0.173. The van der Waals surface area contributed by atoms with Crippen LogP contribution < -0.4 is 14.8 Å². The van der Waals surface area contributed by atoms with E-state index in [4.69, 9.17) is 9.47 Å². The number of carboxylic acid groups (broad SMARTS) is 1. The fourth-order valence-corrected chi connectivity index (χ4v) is 2.91. The number of methoxy groups -OCH3 is 1. The molecule has 0 bridgehead atoms. The zero-order valence-corrected chi connectivity index (χ0v) is 15.8. The summed E-state index contributed by atoms with van der Waals surface area (Å²) in [7, 11) is 1.53. The number of para-hydroxylation sites is 1. The number of carboxylic acids is 1. The van der Waals surface area contributed by atoms with E-state index in [1.165, 1.54) is 7.11 Å². The Bertz CT molecular complexity index is 805. The standard InChI is InChI=1S/C21H25NO5/c1-4-15-8-5-6-11-18(15)27-14-19(23)22-21(2,13-20(24)25)16-9-7-10-17(12-16)26-3/h5-12H,4,13-14H2,1-3H3,(H,22,23)(H,24,25). The van der Waals surface area contributed by atoms with Gasteiger partial charge >= 0.3 is 5.97 Å². The SMILES string of the molecule is CCc1ccccc1OCC(=O)NC(C)(CC(=O)O)c1cccc(OC)c1. The van der Waals surface area contributed by atoms with Gasteiger partial charge in [0.25, 0.3) is 5.91 Å². The molecule has 0 radical (unpaired) electrons. The Morgan fingerprint density at radius 3 is 2.56 bits per heavy atom. The highest BCUT2D eigenvalue weighted by Gasteiger charge is 2.32. The molecular formula is C21H25NO5. The molecule has 0 aliphatic heterocycles. The first-order valence-electron chi connectivity index (χ1n) is 8.76. The molecule has 0 spiro atoms. The summed E-state index contributed by atoms with van der Waals surface area (Å²) in [5.41, 5.74) is 0.559. The zero-order valence-electron chi connectivity index (χ0n) is 15.8. The number of carbonyl (C=O) groups is 2. The number of ether oxygens (including phenoxy) is 2. The van der Waals surface area contributed by atoms with Crippen LogP contribution in [0.25, 0.3) is 0 Å². The predicted octanol–water partition coefficient (Wildman–Crippen LogP) is 3.14. The minimum absolute atomic E-state index is 0.198. The zero-order chi connectivity index (χ0) is 19.9. The van der Waals surface area contributed by atoms with E-state index >= 15 is 0 Å². The second-order valence-electron chi connectivity index (χ2n) is 6.43. The number of hydrogen-bond acceptors (Lipinski definition) is 4. The third-order valence-electron chi connectivity index (χ3n) is 4.34. The van der Waals surface area contributed by atoms with Gasteiger partial charge in [-0.05, 0) is 42.7 Å². The summed E-state index contributed by atoms with van der Waals surface area (Å²) in [6.45, 7) is 3.49. The lowest BCUT2D eigenvalue weighted by Crippen LogP contribution is -2.46. The minimum Gasteiger partial charge on any atom is -0.497 e. The van der Waals surface area contributed by atoms with E-state index in [2.05, 4.69) is 5.32 Å². The molecule has 6 heteroatoms. The van der Waals surface area contributed by atoms with Crippen LogP contribution in [0.1, 0.15) is 31.4 Å². The maximum absolute atomic E-state index is 12.5. The van der Waals surface area contributed by atoms with Crippen LogP contribution in [0.4, 0.5) is 0 Å². The van der Waals surface area contributed by atoms with E-state index in [0.29, 0.717) is 17.1 Å². The Kier molecular flexibility index (Phi) is 6.82. The molecule has 2 aromatic carbocycles. The quantitative estimate of drug-likeness (QED) is 0.707. The summed E-state index contributed by atoms with van der Waals surface area (Å²) in [5, 5.41) is 12.1. The number of rotatable bonds is 9. The Hall–Kier alpha value is -3.02. The largest absolute Gasteiger partial charge is 0.497 e. The van der Waals surface area contributed by atoms with Crippen LogP contribution in [-0.4, -0.2) is 30.7 Å². The molecule has 0 aromatic heterocycles. The molecule has 1 amide bonds. The monoisotopic (exact) mass is 371 g/mol. The molecule has 1 atom stereocenters. The lowest BCUT2D eigenvalue weighted by molar-refractivity contribution is -0.139. The number of hydrogen-bond donors (Lipinski definition) is 2. The maximum Gasteiger partial charge on any atom is 0.306 e. The molecule has 0 saturated carbocycles. The highest BCUT2D eigenvalue weighted by molar-refractivity contribution is 5.80. The van der Waals surface area contributed by atoms with Crippen LogP contribution in [0.5, 0.6) is 11.5 Å². The predicted molar refractivity (Wildman–Crippen MR) is 102 cm³/mol. The van der Waals surface area contributed by atoms with Gasteiger partial charge in [0.15, 0.2) is 6.61 Å². The Labute approximate surface area is 159 Å². The highest BCUT2D eigenvalue weighted by atomic mass is 16.5. The number of aryl methyl sites for hydroxylation is 1. The molecule has 6 nitrogen and oxygen atoms in total. The first kappa shape index (κ1) is 20.3. The van der Waals surface area contributed by atoms with Crippen molar-refractivity contribution in [2.75, 3.05) is 13.7 Å². The average molecular weight is 371 g/mol. The molecule has 144 valence electrons. The van der Waals surface area contributed by atoms with Gasteiger partial charge in [-0.25, -0.2) is 0 Å². The van der Waals surface area contributed by atoms with Crippen molar-refractivity contribution in [1.82, 2.24) is 5.32 Å². The van der Waals surface area contributed by atoms with Gasteiger partial charge in [-0.2, -0.15) is 0 Å². The topological polar surface area (TPSA) is 84.9 Å². The Balaban J connectivity index is 2.15. The summed E-state index contributed by atoms with van der Waals surface area (Å²) in [4.78, 5) is 23.9. The number of nitrogens with one attached hydrogen (secondary N) is 1. The van der Waals surface area contributed by atoms with Crippen molar-refractivity contribution in [2.24, 2.45) is 0 Å². The van der Waals surface area contributed by atoms with Gasteiger partial charge in [0.1, 0.15) is 11.5 Å². The van der Waals surface area contributed by atoms with Gasteiger partial charge < -0.3 is 19.9 Å². The Morgan fingerprint density at radius 2 is 1.89 bits per heavy atom. The van der Waals surface area contributed by atoms with Gasteiger partial charge in [0.2, 0.25) is 0 Å². The lowest BCUT2D eigenvalue weighted by Gasteiger charge is -2.30. The Morgan fingerprint density at radius 1 is 1.15 bits per heavy atom. The van der Waals surface area contributed by atoms with E-state index in [-0.39, 0.29) is 13.0 Å². The van der Waals surface area contributed by atoms with Gasteiger partial charge in [-0.3, -0.25) is 9.59 Å². The second kappa shape index (κ2) is 9.07. The molecule has 0 heterocycles. The summed E-state index contributed by atoms with van der Waals surface area (Å²) >= 11 is 0. The number of carbonyl (C=O) groups excluding carboxylic acids is 1. The third-order valence-corrected chi connectivity index (χ3v) is 4.34. The molecule has 2 rings (SSSR count). The van der Waals surface area contributed by atoms with E-state index in [1.807, 2.05) is 31.2 Å². The van der Waals surface area contributed by atoms with Crippen LogP contribution in [-0.2, 0) is 21.5 Å². The van der Waals surface area contributed by atoms with E-state index in [0.717, 1.165) is 12.0 Å². The number of amides is 1. The first-order valence-corrected chi connectivity index (χ1v) is 8.76. The van der Waals surface area contributed by atoms with Crippen LogP contribution in [0.3, 0.4) is 0 Å². The van der Waals surface area contributed by atoms with Crippen molar-refractivity contribution >= 4 is 11.9 Å². The van der Waals surface area contributed by atoms with Crippen molar-refractivity contribution in [1.29, 1.82) is 0 Å². The van der Waals surface area contributed by atoms with Crippen LogP contribution in [0.15, 0.2) is 48.5 Å². The summed E-state index contributed by atoms with van der Waals surface area (Å²) < 4.78 is 10.8. The fourth-order valence-electron chi connectivity index (χ4n) is 2.91. The van der Waals surface area contributed by atoms with Crippen molar-refractivity contribution in [3.8, 4) is 11.5 Å². The number of benzene rings is 2. The van der Waals surface area contributed by atoms with Gasteiger partial charge in [0, 0.05) is 0 Å². The van der Waals surface area contributed by atoms with Crippen LogP contribution in [0.2, 0.25) is 0 Å². The summed E-state index contributed by atoms with van der Waals surface area (Å²) in [6, 6.07) is 14.5. The molecule has 1 unspecified atom stereocenters. The average Bonchev–Trinajstić information content (AvgIpc) is 2.66. The van der Waals surface area contributed by atoms with E-state index in [1.54, 1.807) is 31.2 Å². The van der Waals surface area contributed by atoms with Gasteiger partial charge in [-0.15, -0.1) is 0 Å². The minimum atomic E-state index is -1.09. The number of aliphatic carboxylic acids is 1. The molecule has 0 aliphatic rings. The summed E-state index contributed by atoms with van der Waals surface area (Å²) in [6.07, 6.45) is 0.524. The molecule has 0 fully saturated rings. The van der Waals surface area contributed by atoms with Crippen LogP contribution in [0, 0.1) is 0 Å². The fraction of sp³-hybridized carbons (Fsp3) is 0.333. The molecule has 0 aliphatic carbocycles. The molecule has 0 saturated heterocycles. The van der Waals surface area contributed by atoms with Crippen molar-refractivity contribution in [2.45, 2.75) is 32.2 Å². The second-order valence-corrected chi connectivity index (χ2v) is 6.43.